The number of Topliss-reactive ketones (excluding diaryl/α,β-unsaturated/α-hetero) is 1. The van der Waals surface area contributed by atoms with E-state index in [1.807, 2.05) is 0 Å². The molecule has 0 spiro atoms. The van der Waals surface area contributed by atoms with E-state index in [4.69, 9.17) is 19.4 Å². The van der Waals surface area contributed by atoms with Gasteiger partial charge in [-0.2, -0.15) is 0 Å². The zero-order chi connectivity index (χ0) is 23.8. The number of rotatable bonds is 13. The Kier molecular flexibility index (Phi) is 9.29. The van der Waals surface area contributed by atoms with E-state index >= 15 is 0 Å². The molecule has 1 N–H and O–H groups in total. The lowest BCUT2D eigenvalue weighted by Crippen LogP contribution is -2.38. The first-order valence-corrected chi connectivity index (χ1v) is 9.91. The zero-order valence-corrected chi connectivity index (χ0v) is 18.2. The third kappa shape index (κ3) is 9.24. The Morgan fingerprint density at radius 2 is 1.45 bits per heavy atom. The average molecular weight is 443 g/mol. The van der Waals surface area contributed by atoms with Gasteiger partial charge in [-0.3, -0.25) is 24.0 Å². The number of amides is 2. The lowest BCUT2D eigenvalue weighted by Gasteiger charge is -2.28. The summed E-state index contributed by atoms with van der Waals surface area (Å²) in [5.41, 5.74) is -2.16. The number of carbonyl (C=O) groups is 6. The fourth-order valence-electron chi connectivity index (χ4n) is 2.57. The molecule has 0 aromatic carbocycles. The molecule has 0 unspecified atom stereocenters. The first-order valence-electron chi connectivity index (χ1n) is 9.91. The number of aliphatic carboxylic acids is 1. The smallest absolute Gasteiger partial charge is 0.333 e. The Morgan fingerprint density at radius 3 is 2.00 bits per heavy atom. The van der Waals surface area contributed by atoms with Gasteiger partial charge >= 0.3 is 17.9 Å². The highest BCUT2D eigenvalue weighted by Gasteiger charge is 2.34. The van der Waals surface area contributed by atoms with Crippen LogP contribution in [0.4, 0.5) is 0 Å². The molecule has 0 atom stereocenters. The molecule has 1 aliphatic heterocycles. The molecule has 2 amide bonds. The number of carboxylic acid groups (broad SMARTS) is 1. The maximum atomic E-state index is 12.4. The Labute approximate surface area is 179 Å². The second-order valence-electron chi connectivity index (χ2n) is 8.20. The molecule has 174 valence electrons. The molecule has 1 saturated heterocycles. The van der Waals surface area contributed by atoms with Crippen LogP contribution >= 0.6 is 0 Å². The lowest BCUT2D eigenvalue weighted by atomic mass is 9.99. The molecule has 11 heteroatoms. The summed E-state index contributed by atoms with van der Waals surface area (Å²) in [5, 5.41) is 9.02. The van der Waals surface area contributed by atoms with E-state index in [-0.39, 0.29) is 57.3 Å². The van der Waals surface area contributed by atoms with Crippen LogP contribution in [0.3, 0.4) is 0 Å². The largest absolute Gasteiger partial charge is 0.481 e. The normalized spacial score (nSPS) is 14.5. The highest BCUT2D eigenvalue weighted by Crippen LogP contribution is 2.21. The molecule has 1 aliphatic rings. The van der Waals surface area contributed by atoms with Gasteiger partial charge in [0.15, 0.2) is 5.78 Å². The number of hydrogen-bond acceptors (Lipinski definition) is 9. The van der Waals surface area contributed by atoms with Crippen molar-refractivity contribution in [2.75, 3.05) is 6.61 Å². The van der Waals surface area contributed by atoms with E-state index in [9.17, 15) is 28.8 Å². The number of esters is 1. The van der Waals surface area contributed by atoms with Crippen LogP contribution in [-0.4, -0.2) is 63.5 Å². The van der Waals surface area contributed by atoms with Gasteiger partial charge in [0.1, 0.15) is 11.2 Å². The second kappa shape index (κ2) is 11.0. The van der Waals surface area contributed by atoms with Gasteiger partial charge in [-0.25, -0.2) is 4.79 Å². The number of carboxylic acids is 1. The second-order valence-corrected chi connectivity index (χ2v) is 8.20. The first-order chi connectivity index (χ1) is 14.2. The van der Waals surface area contributed by atoms with E-state index in [0.717, 1.165) is 0 Å². The number of nitrogens with zero attached hydrogens (tertiary/aromatic N) is 1. The molecule has 0 aromatic heterocycles. The molecule has 1 fully saturated rings. The summed E-state index contributed by atoms with van der Waals surface area (Å²) < 4.78 is 10.8. The van der Waals surface area contributed by atoms with Crippen LogP contribution in [-0.2, 0) is 43.1 Å². The van der Waals surface area contributed by atoms with E-state index in [0.29, 0.717) is 5.06 Å². The van der Waals surface area contributed by atoms with Gasteiger partial charge in [-0.1, -0.05) is 0 Å². The predicted molar refractivity (Wildman–Crippen MR) is 103 cm³/mol. The van der Waals surface area contributed by atoms with Crippen molar-refractivity contribution < 1.29 is 48.2 Å². The Morgan fingerprint density at radius 1 is 0.903 bits per heavy atom. The van der Waals surface area contributed by atoms with Crippen molar-refractivity contribution in [1.29, 1.82) is 0 Å². The van der Waals surface area contributed by atoms with Gasteiger partial charge in [0.25, 0.3) is 11.8 Å². The molecule has 31 heavy (non-hydrogen) atoms. The third-order valence-electron chi connectivity index (χ3n) is 4.53. The summed E-state index contributed by atoms with van der Waals surface area (Å²) in [6.07, 6.45) is -0.882. The van der Waals surface area contributed by atoms with Crippen LogP contribution in [0.15, 0.2) is 0 Å². The van der Waals surface area contributed by atoms with Crippen LogP contribution in [0.1, 0.15) is 72.6 Å². The fraction of sp³-hybridized carbons (Fsp3) is 0.700. The maximum Gasteiger partial charge on any atom is 0.333 e. The summed E-state index contributed by atoms with van der Waals surface area (Å²) in [6.45, 7) is 6.40. The number of ketones is 1. The molecular weight excluding hydrogens is 414 g/mol. The Balaban J connectivity index is 2.39. The van der Waals surface area contributed by atoms with Crippen LogP contribution in [0.25, 0.3) is 0 Å². The summed E-state index contributed by atoms with van der Waals surface area (Å²) in [4.78, 5) is 74.0. The SMILES string of the molecule is CC(C)(CCOC(C)(C)C(=O)CCC(=O)ON1C(=O)CCC1=O)OC(=O)CCC(=O)O. The van der Waals surface area contributed by atoms with Crippen molar-refractivity contribution in [3.05, 3.63) is 0 Å². The summed E-state index contributed by atoms with van der Waals surface area (Å²) >= 11 is 0. The summed E-state index contributed by atoms with van der Waals surface area (Å²) in [6, 6.07) is 0. The third-order valence-corrected chi connectivity index (χ3v) is 4.53. The lowest BCUT2D eigenvalue weighted by molar-refractivity contribution is -0.197. The molecule has 11 nitrogen and oxygen atoms in total. The van der Waals surface area contributed by atoms with Crippen molar-refractivity contribution in [1.82, 2.24) is 5.06 Å². The predicted octanol–water partition coefficient (Wildman–Crippen LogP) is 1.31. The van der Waals surface area contributed by atoms with Crippen LogP contribution in [0, 0.1) is 0 Å². The Bertz CT molecular complexity index is 724. The molecule has 0 aromatic rings. The van der Waals surface area contributed by atoms with Crippen molar-refractivity contribution >= 4 is 35.5 Å². The van der Waals surface area contributed by atoms with E-state index in [1.165, 1.54) is 13.8 Å². The molecular formula is C20H29NO10. The number of hydrogen-bond donors (Lipinski definition) is 1. The monoisotopic (exact) mass is 443 g/mol. The molecule has 0 aliphatic carbocycles. The van der Waals surface area contributed by atoms with Crippen molar-refractivity contribution in [2.24, 2.45) is 0 Å². The van der Waals surface area contributed by atoms with E-state index in [1.54, 1.807) is 13.8 Å². The molecule has 1 heterocycles. The van der Waals surface area contributed by atoms with Gasteiger partial charge in [-0.05, 0) is 27.7 Å². The Hall–Kier alpha value is -2.82. The van der Waals surface area contributed by atoms with E-state index in [2.05, 4.69) is 0 Å². The van der Waals surface area contributed by atoms with Gasteiger partial charge in [0.05, 0.1) is 25.9 Å². The minimum atomic E-state index is -1.23. The molecule has 1 rings (SSSR count). The fourth-order valence-corrected chi connectivity index (χ4v) is 2.57. The van der Waals surface area contributed by atoms with Crippen molar-refractivity contribution in [3.8, 4) is 0 Å². The van der Waals surface area contributed by atoms with Crippen LogP contribution < -0.4 is 0 Å². The molecule has 0 saturated carbocycles. The van der Waals surface area contributed by atoms with Gasteiger partial charge in [0, 0.05) is 25.7 Å². The topological polar surface area (TPSA) is 154 Å². The molecule has 0 radical (unpaired) electrons. The first kappa shape index (κ1) is 26.2. The number of ether oxygens (including phenoxy) is 2. The highest BCUT2D eigenvalue weighted by molar-refractivity contribution is 6.01. The van der Waals surface area contributed by atoms with Gasteiger partial charge < -0.3 is 19.4 Å². The summed E-state index contributed by atoms with van der Waals surface area (Å²) in [5.74, 6) is -4.20. The van der Waals surface area contributed by atoms with Crippen LogP contribution in [0.2, 0.25) is 0 Å². The summed E-state index contributed by atoms with van der Waals surface area (Å²) in [7, 11) is 0. The number of imide groups is 1. The van der Waals surface area contributed by atoms with Crippen LogP contribution in [0.5, 0.6) is 0 Å². The van der Waals surface area contributed by atoms with E-state index < -0.39 is 40.9 Å². The standard InChI is InChI=1S/C20H29NO10/c1-19(2,30-17(27)10-8-16(25)26)11-12-29-20(3,4)13(22)5-9-18(28)31-21-14(23)6-7-15(21)24/h5-12H2,1-4H3,(H,25,26). The molecule has 0 bridgehead atoms. The minimum Gasteiger partial charge on any atom is -0.481 e. The van der Waals surface area contributed by atoms with Gasteiger partial charge in [0.2, 0.25) is 0 Å². The zero-order valence-electron chi connectivity index (χ0n) is 18.2. The quantitative estimate of drug-likeness (QED) is 0.325. The minimum absolute atomic E-state index is 0.0167. The van der Waals surface area contributed by atoms with Crippen molar-refractivity contribution in [2.45, 2.75) is 83.8 Å². The number of carbonyl (C=O) groups excluding carboxylic acids is 5. The highest BCUT2D eigenvalue weighted by atomic mass is 16.7. The van der Waals surface area contributed by atoms with Gasteiger partial charge in [-0.15, -0.1) is 5.06 Å². The number of hydroxylamine groups is 2. The maximum absolute atomic E-state index is 12.4. The average Bonchev–Trinajstić information content (AvgIpc) is 2.95. The van der Waals surface area contributed by atoms with Crippen molar-refractivity contribution in [3.63, 3.8) is 0 Å².